The van der Waals surface area contributed by atoms with E-state index in [2.05, 4.69) is 5.32 Å². The largest absolute Gasteiger partial charge is 0.349 e. The molecule has 0 aromatic heterocycles. The Hall–Kier alpha value is -1.14. The van der Waals surface area contributed by atoms with Crippen molar-refractivity contribution in [3.05, 3.63) is 29.1 Å². The molecule has 0 aliphatic carbocycles. The molecule has 0 saturated heterocycles. The van der Waals surface area contributed by atoms with Crippen molar-refractivity contribution < 1.29 is 17.6 Å². The van der Waals surface area contributed by atoms with Gasteiger partial charge in [-0.05, 0) is 37.5 Å². The van der Waals surface area contributed by atoms with Crippen LogP contribution >= 0.6 is 10.7 Å². The Balaban J connectivity index is 3.20. The quantitative estimate of drug-likeness (QED) is 0.840. The van der Waals surface area contributed by atoms with Crippen molar-refractivity contribution in [2.75, 3.05) is 0 Å². The summed E-state index contributed by atoms with van der Waals surface area (Å²) < 4.78 is 36.4. The molecule has 0 heterocycles. The number of halogens is 2. The molecule has 0 bridgehead atoms. The van der Waals surface area contributed by atoms with E-state index < -0.39 is 20.8 Å². The van der Waals surface area contributed by atoms with Crippen LogP contribution in [0.25, 0.3) is 0 Å². The van der Waals surface area contributed by atoms with E-state index >= 15 is 0 Å². The van der Waals surface area contributed by atoms with Crippen LogP contribution in [0.4, 0.5) is 4.39 Å². The van der Waals surface area contributed by atoms with Crippen molar-refractivity contribution in [2.24, 2.45) is 5.92 Å². The zero-order valence-corrected chi connectivity index (χ0v) is 14.0. The Bertz CT molecular complexity index is 646. The van der Waals surface area contributed by atoms with Crippen molar-refractivity contribution in [1.82, 2.24) is 5.32 Å². The lowest BCUT2D eigenvalue weighted by molar-refractivity contribution is 0.0926. The number of rotatable bonds is 5. The van der Waals surface area contributed by atoms with Crippen molar-refractivity contribution in [3.63, 3.8) is 0 Å². The van der Waals surface area contributed by atoms with Crippen LogP contribution in [-0.4, -0.2) is 20.4 Å². The van der Waals surface area contributed by atoms with Crippen LogP contribution in [0.2, 0.25) is 0 Å². The monoisotopic (exact) mass is 335 g/mol. The van der Waals surface area contributed by atoms with Crippen LogP contribution in [0.1, 0.15) is 43.1 Å². The minimum atomic E-state index is -4.11. The lowest BCUT2D eigenvalue weighted by atomic mass is 10.00. The van der Waals surface area contributed by atoms with Gasteiger partial charge in [-0.3, -0.25) is 4.79 Å². The molecule has 2 unspecified atom stereocenters. The molecule has 1 aromatic carbocycles. The molecule has 0 spiro atoms. The second-order valence-electron chi connectivity index (χ2n) is 5.16. The summed E-state index contributed by atoms with van der Waals surface area (Å²) >= 11 is 0. The van der Waals surface area contributed by atoms with Gasteiger partial charge in [-0.1, -0.05) is 20.3 Å². The molecule has 7 heteroatoms. The smallest absolute Gasteiger partial charge is 0.261 e. The van der Waals surface area contributed by atoms with Crippen LogP contribution < -0.4 is 5.32 Å². The Morgan fingerprint density at radius 2 is 1.95 bits per heavy atom. The van der Waals surface area contributed by atoms with E-state index in [-0.39, 0.29) is 28.0 Å². The molecule has 0 aliphatic rings. The summed E-state index contributed by atoms with van der Waals surface area (Å²) in [6.45, 7) is 7.26. The van der Waals surface area contributed by atoms with Crippen LogP contribution in [0.5, 0.6) is 0 Å². The fourth-order valence-electron chi connectivity index (χ4n) is 1.92. The predicted octanol–water partition coefficient (Wildman–Crippen LogP) is 3.23. The molecule has 4 nitrogen and oxygen atoms in total. The van der Waals surface area contributed by atoms with Crippen molar-refractivity contribution in [2.45, 2.75) is 45.1 Å². The van der Waals surface area contributed by atoms with Gasteiger partial charge in [0.15, 0.2) is 0 Å². The number of carbonyl (C=O) groups excluding carboxylic acids is 1. The molecule has 0 aliphatic heterocycles. The maximum absolute atomic E-state index is 13.6. The van der Waals surface area contributed by atoms with Gasteiger partial charge in [0.1, 0.15) is 5.82 Å². The van der Waals surface area contributed by atoms with Crippen molar-refractivity contribution >= 4 is 25.6 Å². The second-order valence-corrected chi connectivity index (χ2v) is 7.70. The van der Waals surface area contributed by atoms with E-state index in [9.17, 15) is 17.6 Å². The van der Waals surface area contributed by atoms with Crippen LogP contribution in [0, 0.1) is 18.7 Å². The summed E-state index contributed by atoms with van der Waals surface area (Å²) in [5.74, 6) is -1.08. The third kappa shape index (κ3) is 4.41. The molecule has 0 fully saturated rings. The molecule has 1 aromatic rings. The Kier molecular flexibility index (Phi) is 5.75. The van der Waals surface area contributed by atoms with E-state index in [0.717, 1.165) is 18.6 Å². The maximum Gasteiger partial charge on any atom is 0.261 e. The highest BCUT2D eigenvalue weighted by molar-refractivity contribution is 8.13. The van der Waals surface area contributed by atoms with E-state index in [1.54, 1.807) is 0 Å². The zero-order valence-electron chi connectivity index (χ0n) is 12.4. The normalized spacial score (nSPS) is 14.6. The molecule has 118 valence electrons. The van der Waals surface area contributed by atoms with Gasteiger partial charge >= 0.3 is 0 Å². The molecule has 1 rings (SSSR count). The standard InChI is InChI=1S/C14H19ClFNO3S/c1-5-8(2)10(4)17-14(18)12-6-11(16)7-13(9(12)3)21(15,19)20/h6-8,10H,5H2,1-4H3,(H,17,18). The minimum absolute atomic E-state index is 0.0237. The molecule has 21 heavy (non-hydrogen) atoms. The van der Waals surface area contributed by atoms with Crippen molar-refractivity contribution in [3.8, 4) is 0 Å². The van der Waals surface area contributed by atoms with E-state index in [4.69, 9.17) is 10.7 Å². The number of benzene rings is 1. The van der Waals surface area contributed by atoms with Gasteiger partial charge in [-0.15, -0.1) is 0 Å². The summed E-state index contributed by atoms with van der Waals surface area (Å²) in [6.07, 6.45) is 0.880. The first kappa shape index (κ1) is 17.9. The van der Waals surface area contributed by atoms with Gasteiger partial charge in [-0.2, -0.15) is 0 Å². The molecule has 1 N–H and O–H groups in total. The highest BCUT2D eigenvalue weighted by Crippen LogP contribution is 2.24. The molecule has 2 atom stereocenters. The van der Waals surface area contributed by atoms with Crippen LogP contribution in [0.15, 0.2) is 17.0 Å². The molecule has 1 amide bonds. The van der Waals surface area contributed by atoms with Gasteiger partial charge in [-0.25, -0.2) is 12.8 Å². The fourth-order valence-corrected chi connectivity index (χ4v) is 3.13. The SMILES string of the molecule is CCC(C)C(C)NC(=O)c1cc(F)cc(S(=O)(=O)Cl)c1C. The van der Waals surface area contributed by atoms with E-state index in [1.165, 1.54) is 6.92 Å². The second kappa shape index (κ2) is 6.75. The average Bonchev–Trinajstić information content (AvgIpc) is 2.38. The molecular formula is C14H19ClFNO3S. The highest BCUT2D eigenvalue weighted by Gasteiger charge is 2.22. The summed E-state index contributed by atoms with van der Waals surface area (Å²) in [5.41, 5.74) is 0.115. The average molecular weight is 336 g/mol. The lowest BCUT2D eigenvalue weighted by Gasteiger charge is -2.20. The molecular weight excluding hydrogens is 317 g/mol. The number of nitrogens with one attached hydrogen (secondary N) is 1. The highest BCUT2D eigenvalue weighted by atomic mass is 35.7. The van der Waals surface area contributed by atoms with Gasteiger partial charge in [0.2, 0.25) is 0 Å². The zero-order chi connectivity index (χ0) is 16.4. The number of amides is 1. The first-order valence-corrected chi connectivity index (χ1v) is 8.94. The maximum atomic E-state index is 13.6. The third-order valence-corrected chi connectivity index (χ3v) is 5.14. The Labute approximate surface area is 129 Å². The minimum Gasteiger partial charge on any atom is -0.349 e. The first-order valence-electron chi connectivity index (χ1n) is 6.63. The topological polar surface area (TPSA) is 63.2 Å². The first-order chi connectivity index (χ1) is 9.57. The van der Waals surface area contributed by atoms with Gasteiger partial charge in [0.05, 0.1) is 4.90 Å². The van der Waals surface area contributed by atoms with Gasteiger partial charge < -0.3 is 5.32 Å². The summed E-state index contributed by atoms with van der Waals surface area (Å²) in [5, 5.41) is 2.75. The number of hydrogen-bond donors (Lipinski definition) is 1. The van der Waals surface area contributed by atoms with Crippen molar-refractivity contribution in [1.29, 1.82) is 0 Å². The summed E-state index contributed by atoms with van der Waals surface area (Å²) in [7, 11) is 1.16. The predicted molar refractivity (Wildman–Crippen MR) is 80.6 cm³/mol. The van der Waals surface area contributed by atoms with E-state index in [0.29, 0.717) is 0 Å². The van der Waals surface area contributed by atoms with Gasteiger partial charge in [0, 0.05) is 22.3 Å². The Morgan fingerprint density at radius 3 is 2.43 bits per heavy atom. The third-order valence-electron chi connectivity index (χ3n) is 3.69. The fraction of sp³-hybridized carbons (Fsp3) is 0.500. The number of hydrogen-bond acceptors (Lipinski definition) is 3. The summed E-state index contributed by atoms with van der Waals surface area (Å²) in [6, 6.07) is 1.72. The summed E-state index contributed by atoms with van der Waals surface area (Å²) in [4.78, 5) is 11.8. The van der Waals surface area contributed by atoms with Gasteiger partial charge in [0.25, 0.3) is 15.0 Å². The lowest BCUT2D eigenvalue weighted by Crippen LogP contribution is -2.37. The molecule has 0 radical (unpaired) electrons. The number of carbonyl (C=O) groups is 1. The van der Waals surface area contributed by atoms with Crippen LogP contribution in [0.3, 0.4) is 0 Å². The Morgan fingerprint density at radius 1 is 1.38 bits per heavy atom. The molecule has 0 saturated carbocycles. The van der Waals surface area contributed by atoms with Crippen LogP contribution in [-0.2, 0) is 9.05 Å². The van der Waals surface area contributed by atoms with E-state index in [1.807, 2.05) is 20.8 Å².